The zero-order chi connectivity index (χ0) is 11.8. The molecule has 2 aromatic heterocycles. The maximum Gasteiger partial charge on any atom is 0.294 e. The molecule has 0 aliphatic rings. The number of rotatable bonds is 2. The van der Waals surface area contributed by atoms with Crippen molar-refractivity contribution in [2.24, 2.45) is 0 Å². The Morgan fingerprint density at radius 3 is 2.94 bits per heavy atom. The first-order chi connectivity index (χ1) is 8.31. The highest BCUT2D eigenvalue weighted by Gasteiger charge is 2.11. The van der Waals surface area contributed by atoms with Crippen molar-refractivity contribution in [1.29, 1.82) is 0 Å². The second kappa shape index (κ2) is 3.69. The maximum atomic E-state index is 11.8. The summed E-state index contributed by atoms with van der Waals surface area (Å²) in [7, 11) is 0. The smallest absolute Gasteiger partial charge is 0.294 e. The second-order valence-electron chi connectivity index (χ2n) is 4.00. The van der Waals surface area contributed by atoms with Crippen molar-refractivity contribution in [3.63, 3.8) is 0 Å². The van der Waals surface area contributed by atoms with Crippen LogP contribution in [0.2, 0.25) is 0 Å². The van der Waals surface area contributed by atoms with Crippen LogP contribution < -0.4 is 5.56 Å². The van der Waals surface area contributed by atoms with Gasteiger partial charge in [-0.05, 0) is 18.6 Å². The number of aromatic amines is 1. The van der Waals surface area contributed by atoms with Crippen LogP contribution in [0.25, 0.3) is 16.7 Å². The number of aromatic nitrogens is 4. The molecular weight excluding hydrogens is 216 g/mol. The molecule has 0 atom stereocenters. The van der Waals surface area contributed by atoms with E-state index in [1.807, 2.05) is 28.7 Å². The highest BCUT2D eigenvalue weighted by Crippen LogP contribution is 2.13. The van der Waals surface area contributed by atoms with E-state index in [2.05, 4.69) is 22.1 Å². The molecule has 1 aromatic carbocycles. The van der Waals surface area contributed by atoms with Gasteiger partial charge in [0.15, 0.2) is 0 Å². The van der Waals surface area contributed by atoms with Crippen molar-refractivity contribution in [1.82, 2.24) is 19.6 Å². The topological polar surface area (TPSA) is 63.0 Å². The number of hydrogen-bond donors (Lipinski definition) is 1. The van der Waals surface area contributed by atoms with Crippen LogP contribution in [0.1, 0.15) is 19.2 Å². The lowest BCUT2D eigenvalue weighted by molar-refractivity contribution is 0.825. The summed E-state index contributed by atoms with van der Waals surface area (Å²) in [5, 5.41) is 8.05. The molecule has 0 radical (unpaired) electrons. The largest absolute Gasteiger partial charge is 0.317 e. The van der Waals surface area contributed by atoms with Crippen LogP contribution in [0.5, 0.6) is 0 Å². The summed E-state index contributed by atoms with van der Waals surface area (Å²) < 4.78 is 1.84. The summed E-state index contributed by atoms with van der Waals surface area (Å²) >= 11 is 0. The zero-order valence-corrected chi connectivity index (χ0v) is 9.47. The predicted octanol–water partition coefficient (Wildman–Crippen LogP) is 1.52. The van der Waals surface area contributed by atoms with E-state index in [0.29, 0.717) is 5.65 Å². The normalized spacial score (nSPS) is 11.4. The molecule has 3 aromatic rings. The van der Waals surface area contributed by atoms with E-state index in [1.165, 1.54) is 0 Å². The standard InChI is InChI=1S/C12H12N4O/c1-2-5-10-14-15-11-12(17)13-8-6-3-4-7-9(8)16(10)11/h3-4,6-7H,2,5H2,1H3,(H,13,17). The van der Waals surface area contributed by atoms with Crippen LogP contribution in [-0.4, -0.2) is 19.6 Å². The highest BCUT2D eigenvalue weighted by molar-refractivity contribution is 5.77. The minimum Gasteiger partial charge on any atom is -0.317 e. The molecule has 0 amide bonds. The molecule has 3 rings (SSSR count). The van der Waals surface area contributed by atoms with Crippen LogP contribution in [0, 0.1) is 0 Å². The molecule has 5 nitrogen and oxygen atoms in total. The fourth-order valence-electron chi connectivity index (χ4n) is 2.05. The van der Waals surface area contributed by atoms with Crippen LogP contribution >= 0.6 is 0 Å². The number of para-hydroxylation sites is 2. The van der Waals surface area contributed by atoms with Gasteiger partial charge in [0.1, 0.15) is 5.82 Å². The quantitative estimate of drug-likeness (QED) is 0.723. The molecule has 0 bridgehead atoms. The molecule has 5 heteroatoms. The van der Waals surface area contributed by atoms with Crippen LogP contribution in [0.4, 0.5) is 0 Å². The van der Waals surface area contributed by atoms with Gasteiger partial charge in [-0.25, -0.2) is 0 Å². The van der Waals surface area contributed by atoms with E-state index >= 15 is 0 Å². The van der Waals surface area contributed by atoms with Gasteiger partial charge >= 0.3 is 0 Å². The van der Waals surface area contributed by atoms with Crippen LogP contribution in [0.3, 0.4) is 0 Å². The molecule has 0 aliphatic heterocycles. The Hall–Kier alpha value is -2.17. The number of aryl methyl sites for hydroxylation is 1. The maximum absolute atomic E-state index is 11.8. The van der Waals surface area contributed by atoms with E-state index in [1.54, 1.807) is 0 Å². The molecule has 86 valence electrons. The molecule has 0 saturated heterocycles. The van der Waals surface area contributed by atoms with Crippen molar-refractivity contribution >= 4 is 16.7 Å². The monoisotopic (exact) mass is 228 g/mol. The summed E-state index contributed by atoms with van der Waals surface area (Å²) in [6.45, 7) is 2.08. The Bertz CT molecular complexity index is 741. The lowest BCUT2D eigenvalue weighted by atomic mass is 10.3. The summed E-state index contributed by atoms with van der Waals surface area (Å²) in [5.74, 6) is 0.838. The van der Waals surface area contributed by atoms with Gasteiger partial charge in [-0.3, -0.25) is 9.20 Å². The predicted molar refractivity (Wildman–Crippen MR) is 65.1 cm³/mol. The fourth-order valence-corrected chi connectivity index (χ4v) is 2.05. The molecule has 1 N–H and O–H groups in total. The highest BCUT2D eigenvalue weighted by atomic mass is 16.1. The molecule has 0 fully saturated rings. The van der Waals surface area contributed by atoms with Crippen molar-refractivity contribution in [2.75, 3.05) is 0 Å². The van der Waals surface area contributed by atoms with Gasteiger partial charge in [0.2, 0.25) is 5.65 Å². The first-order valence-electron chi connectivity index (χ1n) is 5.66. The minimum atomic E-state index is -0.196. The summed E-state index contributed by atoms with van der Waals surface area (Å²) in [4.78, 5) is 14.6. The third kappa shape index (κ3) is 1.43. The number of fused-ring (bicyclic) bond motifs is 3. The molecule has 17 heavy (non-hydrogen) atoms. The minimum absolute atomic E-state index is 0.196. The number of nitrogens with zero attached hydrogens (tertiary/aromatic N) is 3. The van der Waals surface area contributed by atoms with Gasteiger partial charge in [-0.1, -0.05) is 19.1 Å². The lowest BCUT2D eigenvalue weighted by Crippen LogP contribution is -2.11. The average molecular weight is 228 g/mol. The number of benzene rings is 1. The molecule has 0 aliphatic carbocycles. The summed E-state index contributed by atoms with van der Waals surface area (Å²) in [6, 6.07) is 7.68. The van der Waals surface area contributed by atoms with E-state index in [0.717, 1.165) is 29.7 Å². The Morgan fingerprint density at radius 1 is 1.29 bits per heavy atom. The third-order valence-corrected chi connectivity index (χ3v) is 2.80. The molecular formula is C12H12N4O. The number of nitrogens with one attached hydrogen (secondary N) is 1. The number of hydrogen-bond acceptors (Lipinski definition) is 3. The Kier molecular flexibility index (Phi) is 2.18. The van der Waals surface area contributed by atoms with Gasteiger partial charge in [0, 0.05) is 6.42 Å². The fraction of sp³-hybridized carbons (Fsp3) is 0.250. The Labute approximate surface area is 97.1 Å². The first kappa shape index (κ1) is 10.0. The van der Waals surface area contributed by atoms with Crippen molar-refractivity contribution in [3.05, 3.63) is 40.4 Å². The average Bonchev–Trinajstić information content (AvgIpc) is 2.75. The first-order valence-corrected chi connectivity index (χ1v) is 5.66. The molecule has 0 unspecified atom stereocenters. The summed E-state index contributed by atoms with van der Waals surface area (Å²) in [6.07, 6.45) is 1.79. The summed E-state index contributed by atoms with van der Waals surface area (Å²) in [5.41, 5.74) is 1.92. The van der Waals surface area contributed by atoms with Crippen molar-refractivity contribution in [2.45, 2.75) is 19.8 Å². The SMILES string of the molecule is CCCc1nnc2c(=O)[nH]c3ccccc3n12. The molecule has 0 saturated carbocycles. The van der Waals surface area contributed by atoms with E-state index in [4.69, 9.17) is 0 Å². The van der Waals surface area contributed by atoms with Gasteiger partial charge in [-0.15, -0.1) is 10.2 Å². The van der Waals surface area contributed by atoms with Crippen LogP contribution in [-0.2, 0) is 6.42 Å². The van der Waals surface area contributed by atoms with E-state index < -0.39 is 0 Å². The van der Waals surface area contributed by atoms with E-state index in [-0.39, 0.29) is 5.56 Å². The number of H-pyrrole nitrogens is 1. The lowest BCUT2D eigenvalue weighted by Gasteiger charge is -2.03. The molecule has 2 heterocycles. The van der Waals surface area contributed by atoms with Gasteiger partial charge in [0.25, 0.3) is 5.56 Å². The second-order valence-corrected chi connectivity index (χ2v) is 4.00. The van der Waals surface area contributed by atoms with Crippen molar-refractivity contribution < 1.29 is 0 Å². The van der Waals surface area contributed by atoms with Gasteiger partial charge < -0.3 is 4.98 Å². The molecule has 0 spiro atoms. The third-order valence-electron chi connectivity index (χ3n) is 2.80. The van der Waals surface area contributed by atoms with Gasteiger partial charge in [-0.2, -0.15) is 0 Å². The Balaban J connectivity index is 2.51. The van der Waals surface area contributed by atoms with Gasteiger partial charge in [0.05, 0.1) is 11.0 Å². The van der Waals surface area contributed by atoms with Crippen molar-refractivity contribution in [3.8, 4) is 0 Å². The van der Waals surface area contributed by atoms with Crippen LogP contribution in [0.15, 0.2) is 29.1 Å². The zero-order valence-electron chi connectivity index (χ0n) is 9.47. The van der Waals surface area contributed by atoms with E-state index in [9.17, 15) is 4.79 Å². The Morgan fingerprint density at radius 2 is 2.12 bits per heavy atom.